The number of para-hydroxylation sites is 1. The van der Waals surface area contributed by atoms with Gasteiger partial charge >= 0.3 is 6.18 Å². The van der Waals surface area contributed by atoms with Crippen molar-refractivity contribution in [3.05, 3.63) is 54.1 Å². The summed E-state index contributed by atoms with van der Waals surface area (Å²) in [5, 5.41) is 11.1. The molecule has 0 aliphatic carbocycles. The molecule has 0 fully saturated rings. The van der Waals surface area contributed by atoms with Gasteiger partial charge in [0.15, 0.2) is 0 Å². The fourth-order valence-electron chi connectivity index (χ4n) is 1.81. The van der Waals surface area contributed by atoms with Crippen LogP contribution in [-0.2, 0) is 6.18 Å². The monoisotopic (exact) mass is 291 g/mol. The fourth-order valence-corrected chi connectivity index (χ4v) is 1.81. The summed E-state index contributed by atoms with van der Waals surface area (Å²) in [5.41, 5.74) is -0.716. The minimum atomic E-state index is -4.43. The number of halogens is 3. The molecule has 0 aliphatic rings. The van der Waals surface area contributed by atoms with Crippen LogP contribution in [0.1, 0.15) is 5.56 Å². The van der Waals surface area contributed by atoms with E-state index in [0.29, 0.717) is 11.1 Å². The summed E-state index contributed by atoms with van der Waals surface area (Å²) in [5.74, 6) is 0.624. The predicted octanol–water partition coefficient (Wildman–Crippen LogP) is 3.84. The Morgan fingerprint density at radius 3 is 2.38 bits per heavy atom. The van der Waals surface area contributed by atoms with Crippen LogP contribution in [0.5, 0.6) is 11.6 Å². The SMILES string of the molecule is FC(F)(F)c1ccc2c(Oc3ccccc3)nnnc2c1. The average Bonchev–Trinajstić information content (AvgIpc) is 2.47. The molecular formula is C14H8F3N3O. The molecule has 2 aromatic carbocycles. The van der Waals surface area contributed by atoms with E-state index in [-0.39, 0.29) is 11.4 Å². The normalized spacial score (nSPS) is 11.6. The van der Waals surface area contributed by atoms with E-state index in [9.17, 15) is 13.2 Å². The zero-order valence-corrected chi connectivity index (χ0v) is 10.5. The Balaban J connectivity index is 2.05. The first-order valence-electron chi connectivity index (χ1n) is 5.97. The van der Waals surface area contributed by atoms with Crippen LogP contribution in [0.4, 0.5) is 13.2 Å². The summed E-state index contributed by atoms with van der Waals surface area (Å²) < 4.78 is 43.5. The van der Waals surface area contributed by atoms with Crippen molar-refractivity contribution >= 4 is 10.9 Å². The minimum Gasteiger partial charge on any atom is -0.437 e. The molecule has 0 unspecified atom stereocenters. The van der Waals surface area contributed by atoms with Crippen molar-refractivity contribution in [1.29, 1.82) is 0 Å². The van der Waals surface area contributed by atoms with Gasteiger partial charge in [-0.2, -0.15) is 13.2 Å². The van der Waals surface area contributed by atoms with Crippen LogP contribution in [0.2, 0.25) is 0 Å². The average molecular weight is 291 g/mol. The van der Waals surface area contributed by atoms with Crippen LogP contribution < -0.4 is 4.74 Å². The number of hydrogen-bond donors (Lipinski definition) is 0. The van der Waals surface area contributed by atoms with Crippen LogP contribution in [-0.4, -0.2) is 15.4 Å². The number of fused-ring (bicyclic) bond motifs is 1. The van der Waals surface area contributed by atoms with Gasteiger partial charge in [-0.3, -0.25) is 0 Å². The fraction of sp³-hybridized carbons (Fsp3) is 0.0714. The van der Waals surface area contributed by atoms with Crippen molar-refractivity contribution in [3.8, 4) is 11.6 Å². The Kier molecular flexibility index (Phi) is 3.17. The van der Waals surface area contributed by atoms with Gasteiger partial charge in [-0.15, -0.1) is 5.10 Å². The molecule has 0 bridgehead atoms. The second kappa shape index (κ2) is 5.01. The number of alkyl halides is 3. The van der Waals surface area contributed by atoms with E-state index in [2.05, 4.69) is 15.4 Å². The summed E-state index contributed by atoms with van der Waals surface area (Å²) in [4.78, 5) is 0. The van der Waals surface area contributed by atoms with E-state index in [1.807, 2.05) is 6.07 Å². The van der Waals surface area contributed by atoms with Crippen LogP contribution in [0.3, 0.4) is 0 Å². The van der Waals surface area contributed by atoms with E-state index in [4.69, 9.17) is 4.74 Å². The first kappa shape index (κ1) is 13.3. The summed E-state index contributed by atoms with van der Waals surface area (Å²) in [6, 6.07) is 11.9. The highest BCUT2D eigenvalue weighted by Crippen LogP contribution is 2.33. The van der Waals surface area contributed by atoms with Gasteiger partial charge in [-0.25, -0.2) is 0 Å². The molecule has 3 aromatic rings. The quantitative estimate of drug-likeness (QED) is 0.720. The van der Waals surface area contributed by atoms with Gasteiger partial charge in [0, 0.05) is 0 Å². The summed E-state index contributed by atoms with van der Waals surface area (Å²) >= 11 is 0. The standard InChI is InChI=1S/C14H8F3N3O/c15-14(16,17)9-6-7-11-12(8-9)18-20-19-13(11)21-10-4-2-1-3-5-10/h1-8H. The zero-order chi connectivity index (χ0) is 14.9. The maximum absolute atomic E-state index is 12.7. The van der Waals surface area contributed by atoms with Crippen molar-refractivity contribution in [1.82, 2.24) is 15.4 Å². The zero-order valence-electron chi connectivity index (χ0n) is 10.5. The lowest BCUT2D eigenvalue weighted by atomic mass is 10.1. The third kappa shape index (κ3) is 2.76. The third-order valence-electron chi connectivity index (χ3n) is 2.80. The van der Waals surface area contributed by atoms with Gasteiger partial charge in [-0.05, 0) is 35.5 Å². The van der Waals surface area contributed by atoms with Gasteiger partial charge in [0.05, 0.1) is 10.9 Å². The molecule has 0 saturated heterocycles. The van der Waals surface area contributed by atoms with Crippen LogP contribution >= 0.6 is 0 Å². The van der Waals surface area contributed by atoms with E-state index in [0.717, 1.165) is 12.1 Å². The molecule has 106 valence electrons. The number of benzene rings is 2. The van der Waals surface area contributed by atoms with Crippen molar-refractivity contribution in [2.75, 3.05) is 0 Å². The molecule has 3 rings (SSSR count). The Morgan fingerprint density at radius 1 is 0.905 bits per heavy atom. The summed E-state index contributed by atoms with van der Waals surface area (Å²) in [7, 11) is 0. The number of nitrogens with zero attached hydrogens (tertiary/aromatic N) is 3. The molecule has 0 aliphatic heterocycles. The molecule has 1 heterocycles. The van der Waals surface area contributed by atoms with Crippen molar-refractivity contribution in [2.24, 2.45) is 0 Å². The number of hydrogen-bond acceptors (Lipinski definition) is 4. The molecule has 0 N–H and O–H groups in total. The van der Waals surface area contributed by atoms with Crippen LogP contribution in [0, 0.1) is 0 Å². The molecule has 21 heavy (non-hydrogen) atoms. The van der Waals surface area contributed by atoms with Gasteiger partial charge in [0.2, 0.25) is 5.88 Å². The highest BCUT2D eigenvalue weighted by atomic mass is 19.4. The topological polar surface area (TPSA) is 47.9 Å². The van der Waals surface area contributed by atoms with Gasteiger partial charge in [0.25, 0.3) is 0 Å². The predicted molar refractivity (Wildman–Crippen MR) is 68.9 cm³/mol. The van der Waals surface area contributed by atoms with Gasteiger partial charge in [-0.1, -0.05) is 23.3 Å². The Morgan fingerprint density at radius 2 is 1.67 bits per heavy atom. The van der Waals surface area contributed by atoms with Crippen LogP contribution in [0.15, 0.2) is 48.5 Å². The maximum atomic E-state index is 12.7. The molecule has 0 amide bonds. The van der Waals surface area contributed by atoms with Crippen LogP contribution in [0.25, 0.3) is 10.9 Å². The molecule has 0 spiro atoms. The van der Waals surface area contributed by atoms with Crippen molar-refractivity contribution in [2.45, 2.75) is 6.18 Å². The smallest absolute Gasteiger partial charge is 0.416 e. The van der Waals surface area contributed by atoms with Crippen molar-refractivity contribution in [3.63, 3.8) is 0 Å². The lowest BCUT2D eigenvalue weighted by Crippen LogP contribution is -2.05. The van der Waals surface area contributed by atoms with Gasteiger partial charge in [0.1, 0.15) is 11.3 Å². The van der Waals surface area contributed by atoms with E-state index >= 15 is 0 Å². The number of rotatable bonds is 2. The molecule has 0 saturated carbocycles. The molecule has 4 nitrogen and oxygen atoms in total. The maximum Gasteiger partial charge on any atom is 0.416 e. The van der Waals surface area contributed by atoms with E-state index < -0.39 is 11.7 Å². The summed E-state index contributed by atoms with van der Waals surface area (Å²) in [6.45, 7) is 0. The molecule has 0 atom stereocenters. The molecular weight excluding hydrogens is 283 g/mol. The highest BCUT2D eigenvalue weighted by Gasteiger charge is 2.30. The first-order valence-corrected chi connectivity index (χ1v) is 5.97. The molecule has 1 aromatic heterocycles. The second-order valence-corrected chi connectivity index (χ2v) is 4.24. The lowest BCUT2D eigenvalue weighted by molar-refractivity contribution is -0.137. The third-order valence-corrected chi connectivity index (χ3v) is 2.80. The number of ether oxygens (including phenoxy) is 1. The molecule has 0 radical (unpaired) electrons. The summed E-state index contributed by atoms with van der Waals surface area (Å²) in [6.07, 6.45) is -4.43. The van der Waals surface area contributed by atoms with Crippen molar-refractivity contribution < 1.29 is 17.9 Å². The van der Waals surface area contributed by atoms with E-state index in [1.54, 1.807) is 24.3 Å². The first-order chi connectivity index (χ1) is 10.0. The molecule has 7 heteroatoms. The van der Waals surface area contributed by atoms with E-state index in [1.165, 1.54) is 6.07 Å². The highest BCUT2D eigenvalue weighted by molar-refractivity contribution is 5.83. The second-order valence-electron chi connectivity index (χ2n) is 4.24. The Hall–Kier alpha value is -2.70. The Bertz CT molecular complexity index is 775. The minimum absolute atomic E-state index is 0.0748. The van der Waals surface area contributed by atoms with Gasteiger partial charge < -0.3 is 4.74 Å². The Labute approximate surface area is 117 Å². The largest absolute Gasteiger partial charge is 0.437 e. The lowest BCUT2D eigenvalue weighted by Gasteiger charge is -2.09. The number of aromatic nitrogens is 3.